The highest BCUT2D eigenvalue weighted by Gasteiger charge is 2.13. The van der Waals surface area contributed by atoms with Crippen LogP contribution in [0.25, 0.3) is 11.3 Å². The maximum atomic E-state index is 11.5. The number of hydrogen-bond donors (Lipinski definition) is 1. The summed E-state index contributed by atoms with van der Waals surface area (Å²) in [7, 11) is 1.49. The Kier molecular flexibility index (Phi) is 5.28. The Morgan fingerprint density at radius 2 is 2.10 bits per heavy atom. The van der Waals surface area contributed by atoms with Crippen molar-refractivity contribution in [3.8, 4) is 11.3 Å². The lowest BCUT2D eigenvalue weighted by atomic mass is 10.1. The molecule has 0 saturated carbocycles. The smallest absolute Gasteiger partial charge is 0.252 e. The number of nitrogens with one attached hydrogen (secondary N) is 1. The predicted molar refractivity (Wildman–Crippen MR) is 85.1 cm³/mol. The predicted octanol–water partition coefficient (Wildman–Crippen LogP) is 3.72. The summed E-state index contributed by atoms with van der Waals surface area (Å²) in [4.78, 5) is 17.2. The Bertz CT molecular complexity index is 596. The maximum Gasteiger partial charge on any atom is 0.252 e. The van der Waals surface area contributed by atoms with Gasteiger partial charge in [0.25, 0.3) is 5.91 Å². The molecule has 0 unspecified atom stereocenters. The number of nitrogens with zero attached hydrogens (tertiary/aromatic N) is 1. The summed E-state index contributed by atoms with van der Waals surface area (Å²) in [5, 5.41) is 3.37. The number of aryl methyl sites for hydroxylation is 1. The van der Waals surface area contributed by atoms with E-state index < -0.39 is 0 Å². The first-order valence-electron chi connectivity index (χ1n) is 6.18. The summed E-state index contributed by atoms with van der Waals surface area (Å²) < 4.78 is 5.83. The number of carbonyl (C=O) groups excluding carboxylic acids is 1. The van der Waals surface area contributed by atoms with Gasteiger partial charge in [0.1, 0.15) is 6.61 Å². The Labute approximate surface area is 130 Å². The van der Waals surface area contributed by atoms with Crippen LogP contribution < -0.4 is 5.32 Å². The van der Waals surface area contributed by atoms with Crippen LogP contribution in [-0.2, 0) is 16.0 Å². The van der Waals surface area contributed by atoms with Gasteiger partial charge in [0.15, 0.2) is 5.13 Å². The fourth-order valence-corrected chi connectivity index (χ4v) is 2.97. The van der Waals surface area contributed by atoms with Crippen LogP contribution in [0.2, 0.25) is 0 Å². The molecular formula is C14H15BrN2O2S. The average Bonchev–Trinajstić information content (AvgIpc) is 2.82. The minimum atomic E-state index is -0.189. The van der Waals surface area contributed by atoms with Gasteiger partial charge >= 0.3 is 0 Å². The molecule has 1 aromatic carbocycles. The number of aromatic nitrogens is 1. The number of anilines is 1. The standard InChI is InChI=1S/C14H15BrN2O2S/c1-3-11-13(9-4-6-10(15)7-5-9)17-14(20-11)16-12(18)8-19-2/h4-7H,3,8H2,1-2H3,(H,16,17,18). The monoisotopic (exact) mass is 354 g/mol. The fraction of sp³-hybridized carbons (Fsp3) is 0.286. The van der Waals surface area contributed by atoms with Gasteiger partial charge in [-0.2, -0.15) is 0 Å². The average molecular weight is 355 g/mol. The van der Waals surface area contributed by atoms with E-state index in [1.807, 2.05) is 24.3 Å². The first-order valence-corrected chi connectivity index (χ1v) is 7.79. The molecular weight excluding hydrogens is 340 g/mol. The zero-order chi connectivity index (χ0) is 14.5. The molecule has 1 heterocycles. The second kappa shape index (κ2) is 6.97. The molecule has 0 radical (unpaired) electrons. The zero-order valence-electron chi connectivity index (χ0n) is 11.3. The SMILES string of the molecule is CCc1sc(NC(=O)COC)nc1-c1ccc(Br)cc1. The number of halogens is 1. The van der Waals surface area contributed by atoms with Gasteiger partial charge < -0.3 is 4.74 Å². The maximum absolute atomic E-state index is 11.5. The molecule has 0 bridgehead atoms. The number of ether oxygens (including phenoxy) is 1. The molecule has 1 N–H and O–H groups in total. The summed E-state index contributed by atoms with van der Waals surface area (Å²) >= 11 is 4.92. The van der Waals surface area contributed by atoms with E-state index in [1.165, 1.54) is 18.4 Å². The number of carbonyl (C=O) groups is 1. The second-order valence-electron chi connectivity index (χ2n) is 4.13. The molecule has 0 aliphatic rings. The van der Waals surface area contributed by atoms with Gasteiger partial charge in [0.2, 0.25) is 0 Å². The van der Waals surface area contributed by atoms with Crippen LogP contribution in [0.4, 0.5) is 5.13 Å². The Morgan fingerprint density at radius 1 is 1.40 bits per heavy atom. The molecule has 106 valence electrons. The lowest BCUT2D eigenvalue weighted by molar-refractivity contribution is -0.119. The third kappa shape index (κ3) is 3.65. The molecule has 0 fully saturated rings. The van der Waals surface area contributed by atoms with E-state index in [2.05, 4.69) is 33.2 Å². The molecule has 0 atom stereocenters. The van der Waals surface area contributed by atoms with Crippen LogP contribution >= 0.6 is 27.3 Å². The van der Waals surface area contributed by atoms with Crippen molar-refractivity contribution in [2.24, 2.45) is 0 Å². The summed E-state index contributed by atoms with van der Waals surface area (Å²) in [5.41, 5.74) is 1.98. The Hall–Kier alpha value is -1.24. The van der Waals surface area contributed by atoms with E-state index >= 15 is 0 Å². The van der Waals surface area contributed by atoms with E-state index in [9.17, 15) is 4.79 Å². The molecule has 0 aliphatic heterocycles. The molecule has 20 heavy (non-hydrogen) atoms. The highest BCUT2D eigenvalue weighted by Crippen LogP contribution is 2.32. The van der Waals surface area contributed by atoms with Gasteiger partial charge in [-0.3, -0.25) is 10.1 Å². The first-order chi connectivity index (χ1) is 9.63. The first kappa shape index (κ1) is 15.2. The minimum Gasteiger partial charge on any atom is -0.375 e. The molecule has 0 saturated heterocycles. The van der Waals surface area contributed by atoms with Gasteiger partial charge in [-0.15, -0.1) is 11.3 Å². The van der Waals surface area contributed by atoms with Crippen LogP contribution in [0.1, 0.15) is 11.8 Å². The highest BCUT2D eigenvalue weighted by molar-refractivity contribution is 9.10. The normalized spacial score (nSPS) is 10.6. The van der Waals surface area contributed by atoms with Crippen LogP contribution in [0, 0.1) is 0 Å². The van der Waals surface area contributed by atoms with Gasteiger partial charge in [-0.1, -0.05) is 35.0 Å². The van der Waals surface area contributed by atoms with Crippen LogP contribution in [0.5, 0.6) is 0 Å². The number of hydrogen-bond acceptors (Lipinski definition) is 4. The quantitative estimate of drug-likeness (QED) is 0.889. The molecule has 2 aromatic rings. The lowest BCUT2D eigenvalue weighted by Crippen LogP contribution is -2.16. The largest absolute Gasteiger partial charge is 0.375 e. The number of methoxy groups -OCH3 is 1. The molecule has 4 nitrogen and oxygen atoms in total. The summed E-state index contributed by atoms with van der Waals surface area (Å²) in [6, 6.07) is 7.99. The van der Waals surface area contributed by atoms with Crippen LogP contribution in [-0.4, -0.2) is 24.6 Å². The summed E-state index contributed by atoms with van der Waals surface area (Å²) in [6.07, 6.45) is 0.878. The lowest BCUT2D eigenvalue weighted by Gasteiger charge is -2.00. The van der Waals surface area contributed by atoms with E-state index in [0.29, 0.717) is 5.13 Å². The number of amides is 1. The summed E-state index contributed by atoms with van der Waals surface area (Å²) in [5.74, 6) is -0.189. The molecule has 0 spiro atoms. The van der Waals surface area contributed by atoms with Crippen molar-refractivity contribution in [3.63, 3.8) is 0 Å². The zero-order valence-corrected chi connectivity index (χ0v) is 13.7. The van der Waals surface area contributed by atoms with Crippen molar-refractivity contribution in [1.82, 2.24) is 4.98 Å². The van der Waals surface area contributed by atoms with Gasteiger partial charge in [-0.25, -0.2) is 4.98 Å². The van der Waals surface area contributed by atoms with E-state index in [4.69, 9.17) is 4.74 Å². The Morgan fingerprint density at radius 3 is 2.70 bits per heavy atom. The van der Waals surface area contributed by atoms with Crippen molar-refractivity contribution >= 4 is 38.3 Å². The van der Waals surface area contributed by atoms with Crippen molar-refractivity contribution < 1.29 is 9.53 Å². The minimum absolute atomic E-state index is 0.0364. The molecule has 0 aliphatic carbocycles. The highest BCUT2D eigenvalue weighted by atomic mass is 79.9. The number of thiazole rings is 1. The topological polar surface area (TPSA) is 51.2 Å². The van der Waals surface area contributed by atoms with Crippen LogP contribution in [0.15, 0.2) is 28.7 Å². The van der Waals surface area contributed by atoms with E-state index in [-0.39, 0.29) is 12.5 Å². The van der Waals surface area contributed by atoms with Gasteiger partial charge in [0, 0.05) is 22.0 Å². The summed E-state index contributed by atoms with van der Waals surface area (Å²) in [6.45, 7) is 2.12. The van der Waals surface area contributed by atoms with Crippen LogP contribution in [0.3, 0.4) is 0 Å². The fourth-order valence-electron chi connectivity index (χ4n) is 1.76. The third-order valence-electron chi connectivity index (χ3n) is 2.66. The van der Waals surface area contributed by atoms with Crippen molar-refractivity contribution in [3.05, 3.63) is 33.6 Å². The molecule has 6 heteroatoms. The Balaban J connectivity index is 2.27. The van der Waals surface area contributed by atoms with Crippen molar-refractivity contribution in [1.29, 1.82) is 0 Å². The number of benzene rings is 1. The second-order valence-corrected chi connectivity index (χ2v) is 6.13. The van der Waals surface area contributed by atoms with E-state index in [0.717, 1.165) is 27.0 Å². The molecule has 2 rings (SSSR count). The van der Waals surface area contributed by atoms with E-state index in [1.54, 1.807) is 0 Å². The number of rotatable bonds is 5. The third-order valence-corrected chi connectivity index (χ3v) is 4.30. The molecule has 1 amide bonds. The molecule has 1 aromatic heterocycles. The van der Waals surface area contributed by atoms with Gasteiger partial charge in [-0.05, 0) is 18.6 Å². The van der Waals surface area contributed by atoms with Crippen molar-refractivity contribution in [2.75, 3.05) is 19.0 Å². The van der Waals surface area contributed by atoms with Crippen molar-refractivity contribution in [2.45, 2.75) is 13.3 Å². The van der Waals surface area contributed by atoms with Gasteiger partial charge in [0.05, 0.1) is 5.69 Å².